The Morgan fingerprint density at radius 2 is 1.70 bits per heavy atom. The van der Waals surface area contributed by atoms with Crippen LogP contribution in [-0.2, 0) is 15.8 Å². The first-order valence-corrected chi connectivity index (χ1v) is 9.61. The zero-order chi connectivity index (χ0) is 22.5. The van der Waals surface area contributed by atoms with E-state index < -0.39 is 23.7 Å². The Bertz CT molecular complexity index is 913. The number of alkyl halides is 3. The van der Waals surface area contributed by atoms with Crippen LogP contribution in [0.4, 0.5) is 24.5 Å². The number of hydrogen-bond donors (Lipinski definition) is 2. The van der Waals surface area contributed by atoms with E-state index in [1.807, 2.05) is 32.0 Å². The van der Waals surface area contributed by atoms with Crippen molar-refractivity contribution in [1.29, 1.82) is 0 Å². The van der Waals surface area contributed by atoms with Gasteiger partial charge in [0.15, 0.2) is 0 Å². The number of carbonyl (C=O) groups is 2. The van der Waals surface area contributed by atoms with E-state index in [1.54, 1.807) is 18.7 Å². The van der Waals surface area contributed by atoms with Crippen LogP contribution in [0.25, 0.3) is 0 Å². The summed E-state index contributed by atoms with van der Waals surface area (Å²) in [6, 6.07) is 9.84. The molecule has 0 radical (unpaired) electrons. The zero-order valence-electron chi connectivity index (χ0n) is 17.4. The van der Waals surface area contributed by atoms with Crippen LogP contribution in [-0.4, -0.2) is 35.8 Å². The molecule has 0 aliphatic heterocycles. The van der Waals surface area contributed by atoms with E-state index >= 15 is 0 Å². The van der Waals surface area contributed by atoms with Gasteiger partial charge in [0.25, 0.3) is 0 Å². The van der Waals surface area contributed by atoms with E-state index in [2.05, 4.69) is 10.6 Å². The van der Waals surface area contributed by atoms with E-state index in [9.17, 15) is 22.8 Å². The minimum Gasteiger partial charge on any atom is -0.324 e. The molecule has 2 rings (SSSR count). The molecule has 2 aromatic rings. The normalized spacial score (nSPS) is 12.5. The molecule has 2 aromatic carbocycles. The van der Waals surface area contributed by atoms with Crippen molar-refractivity contribution in [3.05, 3.63) is 59.2 Å². The molecule has 5 nitrogen and oxygen atoms in total. The Balaban J connectivity index is 2.06. The number of nitrogens with zero attached hydrogens (tertiary/aromatic N) is 1. The lowest BCUT2D eigenvalue weighted by Crippen LogP contribution is -2.45. The highest BCUT2D eigenvalue weighted by Gasteiger charge is 2.33. The summed E-state index contributed by atoms with van der Waals surface area (Å²) >= 11 is 0. The number of hydrogen-bond acceptors (Lipinski definition) is 3. The molecule has 1 unspecified atom stereocenters. The molecular formula is C22H26F3N3O2. The minimum absolute atomic E-state index is 0.218. The van der Waals surface area contributed by atoms with Crippen LogP contribution in [0.1, 0.15) is 30.5 Å². The average Bonchev–Trinajstić information content (AvgIpc) is 2.68. The van der Waals surface area contributed by atoms with E-state index in [0.717, 1.165) is 17.2 Å². The van der Waals surface area contributed by atoms with Crippen molar-refractivity contribution in [2.75, 3.05) is 23.7 Å². The van der Waals surface area contributed by atoms with Crippen LogP contribution in [0.15, 0.2) is 42.5 Å². The van der Waals surface area contributed by atoms with Crippen molar-refractivity contribution in [1.82, 2.24) is 4.90 Å². The van der Waals surface area contributed by atoms with Gasteiger partial charge < -0.3 is 10.6 Å². The molecule has 8 heteroatoms. The number of amides is 2. The Hall–Kier alpha value is -2.87. The lowest BCUT2D eigenvalue weighted by Gasteiger charge is -2.27. The third-order valence-electron chi connectivity index (χ3n) is 4.84. The largest absolute Gasteiger partial charge is 0.418 e. The van der Waals surface area contributed by atoms with Crippen LogP contribution in [0.2, 0.25) is 0 Å². The molecule has 0 saturated carbocycles. The van der Waals surface area contributed by atoms with Crippen molar-refractivity contribution < 1.29 is 22.8 Å². The van der Waals surface area contributed by atoms with Gasteiger partial charge in [-0.2, -0.15) is 13.2 Å². The number of anilines is 2. The average molecular weight is 421 g/mol. The minimum atomic E-state index is -4.58. The van der Waals surface area contributed by atoms with E-state index in [1.165, 1.54) is 18.2 Å². The summed E-state index contributed by atoms with van der Waals surface area (Å²) in [5.74, 6) is -0.922. The van der Waals surface area contributed by atoms with E-state index in [-0.39, 0.29) is 18.1 Å². The van der Waals surface area contributed by atoms with Crippen molar-refractivity contribution in [3.8, 4) is 0 Å². The number of halogens is 3. The number of nitrogens with one attached hydrogen (secondary N) is 2. The third kappa shape index (κ3) is 6.06. The first kappa shape index (κ1) is 23.4. The summed E-state index contributed by atoms with van der Waals surface area (Å²) in [5.41, 5.74) is 1.37. The van der Waals surface area contributed by atoms with Gasteiger partial charge in [0.2, 0.25) is 11.8 Å². The first-order chi connectivity index (χ1) is 14.0. The zero-order valence-corrected chi connectivity index (χ0v) is 17.4. The van der Waals surface area contributed by atoms with E-state index in [0.29, 0.717) is 12.2 Å². The molecule has 2 amide bonds. The van der Waals surface area contributed by atoms with E-state index in [4.69, 9.17) is 0 Å². The monoisotopic (exact) mass is 421 g/mol. The lowest BCUT2D eigenvalue weighted by molar-refractivity contribution is -0.137. The molecule has 0 heterocycles. The second-order valence-electron chi connectivity index (χ2n) is 7.14. The van der Waals surface area contributed by atoms with Gasteiger partial charge in [-0.15, -0.1) is 0 Å². The summed E-state index contributed by atoms with van der Waals surface area (Å²) in [7, 11) is 0. The molecule has 30 heavy (non-hydrogen) atoms. The molecular weight excluding hydrogens is 395 g/mol. The maximum absolute atomic E-state index is 13.1. The SMILES string of the molecule is CCN(CC(=O)Nc1ccccc1C(F)(F)F)C(C)C(=O)Nc1cc(C)ccc1C. The first-order valence-electron chi connectivity index (χ1n) is 9.61. The lowest BCUT2D eigenvalue weighted by atomic mass is 10.1. The Kier molecular flexibility index (Phi) is 7.61. The van der Waals surface area contributed by atoms with Gasteiger partial charge >= 0.3 is 6.18 Å². The number of benzene rings is 2. The molecule has 0 saturated heterocycles. The van der Waals surface area contributed by atoms with Gasteiger partial charge in [-0.25, -0.2) is 0 Å². The predicted molar refractivity (Wildman–Crippen MR) is 111 cm³/mol. The topological polar surface area (TPSA) is 61.4 Å². The van der Waals surface area contributed by atoms with Gasteiger partial charge in [-0.05, 0) is 56.6 Å². The molecule has 0 bridgehead atoms. The number of carbonyl (C=O) groups excluding carboxylic acids is 2. The third-order valence-corrected chi connectivity index (χ3v) is 4.84. The second-order valence-corrected chi connectivity index (χ2v) is 7.14. The number of rotatable bonds is 7. The summed E-state index contributed by atoms with van der Waals surface area (Å²) in [4.78, 5) is 26.7. The smallest absolute Gasteiger partial charge is 0.324 e. The quantitative estimate of drug-likeness (QED) is 0.686. The van der Waals surface area contributed by atoms with Crippen LogP contribution < -0.4 is 10.6 Å². The molecule has 0 fully saturated rings. The van der Waals surface area contributed by atoms with Crippen molar-refractivity contribution in [2.24, 2.45) is 0 Å². The highest BCUT2D eigenvalue weighted by atomic mass is 19.4. The second kappa shape index (κ2) is 9.75. The fourth-order valence-corrected chi connectivity index (χ4v) is 3.01. The maximum atomic E-state index is 13.1. The molecule has 0 aromatic heterocycles. The maximum Gasteiger partial charge on any atom is 0.418 e. The van der Waals surface area contributed by atoms with Gasteiger partial charge in [-0.1, -0.05) is 31.2 Å². The molecule has 2 N–H and O–H groups in total. The van der Waals surface area contributed by atoms with Crippen molar-refractivity contribution >= 4 is 23.2 Å². The van der Waals surface area contributed by atoms with Crippen molar-refractivity contribution in [3.63, 3.8) is 0 Å². The Labute approximate surface area is 174 Å². The fraction of sp³-hybridized carbons (Fsp3) is 0.364. The standard InChI is InChI=1S/C22H26F3N3O2/c1-5-28(16(4)21(30)27-19-12-14(2)10-11-15(19)3)13-20(29)26-18-9-7-6-8-17(18)22(23,24)25/h6-12,16H,5,13H2,1-4H3,(H,26,29)(H,27,30). The van der Waals surface area contributed by atoms with Crippen LogP contribution in [0, 0.1) is 13.8 Å². The highest BCUT2D eigenvalue weighted by molar-refractivity contribution is 5.97. The number of para-hydroxylation sites is 1. The molecule has 1 atom stereocenters. The predicted octanol–water partition coefficient (Wildman–Crippen LogP) is 4.61. The van der Waals surface area contributed by atoms with Crippen molar-refractivity contribution in [2.45, 2.75) is 39.9 Å². The van der Waals surface area contributed by atoms with Gasteiger partial charge in [0, 0.05) is 5.69 Å². The number of likely N-dealkylation sites (N-methyl/N-ethyl adjacent to an activating group) is 1. The Morgan fingerprint density at radius 3 is 2.33 bits per heavy atom. The summed E-state index contributed by atoms with van der Waals surface area (Å²) in [6.45, 7) is 7.38. The molecule has 0 aliphatic rings. The van der Waals surface area contributed by atoms with Crippen LogP contribution in [0.3, 0.4) is 0 Å². The summed E-state index contributed by atoms with van der Waals surface area (Å²) in [6.07, 6.45) is -4.58. The summed E-state index contributed by atoms with van der Waals surface area (Å²) < 4.78 is 39.3. The highest BCUT2D eigenvalue weighted by Crippen LogP contribution is 2.34. The molecule has 162 valence electrons. The van der Waals surface area contributed by atoms with Gasteiger partial charge in [0.05, 0.1) is 23.8 Å². The van der Waals surface area contributed by atoms with Gasteiger partial charge in [0.1, 0.15) is 0 Å². The molecule has 0 aliphatic carbocycles. The Morgan fingerprint density at radius 1 is 1.03 bits per heavy atom. The fourth-order valence-electron chi connectivity index (χ4n) is 3.01. The summed E-state index contributed by atoms with van der Waals surface area (Å²) in [5, 5.41) is 5.17. The van der Waals surface area contributed by atoms with Gasteiger partial charge in [-0.3, -0.25) is 14.5 Å². The molecule has 0 spiro atoms. The van der Waals surface area contributed by atoms with Crippen LogP contribution >= 0.6 is 0 Å². The number of aryl methyl sites for hydroxylation is 2. The van der Waals surface area contributed by atoms with Crippen LogP contribution in [0.5, 0.6) is 0 Å².